The normalized spacial score (nSPS) is 15.8. The van der Waals surface area contributed by atoms with Gasteiger partial charge in [-0.25, -0.2) is 8.42 Å². The zero-order valence-corrected chi connectivity index (χ0v) is 13.1. The summed E-state index contributed by atoms with van der Waals surface area (Å²) in [7, 11) is -3.38. The van der Waals surface area contributed by atoms with Gasteiger partial charge in [-0.15, -0.1) is 0 Å². The molecule has 0 bridgehead atoms. The van der Waals surface area contributed by atoms with E-state index in [2.05, 4.69) is 5.32 Å². The van der Waals surface area contributed by atoms with Crippen LogP contribution in [-0.4, -0.2) is 31.9 Å². The summed E-state index contributed by atoms with van der Waals surface area (Å²) in [6.45, 7) is 5.60. The van der Waals surface area contributed by atoms with Gasteiger partial charge in [-0.05, 0) is 30.9 Å². The highest BCUT2D eigenvalue weighted by molar-refractivity contribution is 7.89. The first kappa shape index (κ1) is 15.5. The molecule has 4 nitrogen and oxygen atoms in total. The Morgan fingerprint density at radius 2 is 1.95 bits per heavy atom. The topological polar surface area (TPSA) is 49.4 Å². The lowest BCUT2D eigenvalue weighted by molar-refractivity contribution is 0.426. The highest BCUT2D eigenvalue weighted by Crippen LogP contribution is 2.23. The fourth-order valence-corrected chi connectivity index (χ4v) is 4.04. The van der Waals surface area contributed by atoms with Crippen LogP contribution >= 0.6 is 0 Å². The molecule has 0 aromatic heterocycles. The molecule has 0 aliphatic heterocycles. The first-order chi connectivity index (χ1) is 9.59. The molecule has 1 saturated carbocycles. The highest BCUT2D eigenvalue weighted by atomic mass is 32.2. The van der Waals surface area contributed by atoms with Gasteiger partial charge in [0.05, 0.1) is 4.90 Å². The largest absolute Gasteiger partial charge is 0.310 e. The van der Waals surface area contributed by atoms with Crippen molar-refractivity contribution in [3.63, 3.8) is 0 Å². The Morgan fingerprint density at radius 1 is 1.25 bits per heavy atom. The Kier molecular flexibility index (Phi) is 5.18. The molecule has 0 heterocycles. The first-order valence-electron chi connectivity index (χ1n) is 7.41. The van der Waals surface area contributed by atoms with E-state index in [9.17, 15) is 8.42 Å². The predicted octanol–water partition coefficient (Wildman–Crippen LogP) is 2.36. The van der Waals surface area contributed by atoms with Gasteiger partial charge in [-0.3, -0.25) is 0 Å². The molecule has 1 aliphatic carbocycles. The summed E-state index contributed by atoms with van der Waals surface area (Å²) in [5.41, 5.74) is 0.869. The molecule has 1 N–H and O–H groups in total. The lowest BCUT2D eigenvalue weighted by Crippen LogP contribution is -2.32. The molecule has 0 atom stereocenters. The van der Waals surface area contributed by atoms with E-state index in [0.29, 0.717) is 30.6 Å². The van der Waals surface area contributed by atoms with E-state index in [1.807, 2.05) is 26.0 Å². The van der Waals surface area contributed by atoms with Crippen LogP contribution < -0.4 is 5.32 Å². The van der Waals surface area contributed by atoms with E-state index in [0.717, 1.165) is 12.0 Å². The number of nitrogens with one attached hydrogen (secondary N) is 1. The van der Waals surface area contributed by atoms with Crippen LogP contribution in [0, 0.1) is 0 Å². The zero-order valence-electron chi connectivity index (χ0n) is 12.3. The Labute approximate surface area is 122 Å². The zero-order chi connectivity index (χ0) is 14.6. The molecule has 0 radical (unpaired) electrons. The number of hydrogen-bond acceptors (Lipinski definition) is 3. The standard InChI is InChI=1S/C15H24N2O2S/c1-3-11-17(4-2)20(18,19)15-8-6-5-7-13(15)12-16-14-9-10-14/h5-8,14,16H,3-4,9-12H2,1-2H3. The van der Waals surface area contributed by atoms with Crippen molar-refractivity contribution in [2.45, 2.75) is 50.6 Å². The van der Waals surface area contributed by atoms with E-state index in [-0.39, 0.29) is 0 Å². The lowest BCUT2D eigenvalue weighted by Gasteiger charge is -2.21. The van der Waals surface area contributed by atoms with E-state index in [4.69, 9.17) is 0 Å². The van der Waals surface area contributed by atoms with E-state index >= 15 is 0 Å². The van der Waals surface area contributed by atoms with Crippen molar-refractivity contribution in [1.29, 1.82) is 0 Å². The summed E-state index contributed by atoms with van der Waals surface area (Å²) in [5.74, 6) is 0. The van der Waals surface area contributed by atoms with Crippen LogP contribution in [0.15, 0.2) is 29.2 Å². The molecule has 5 heteroatoms. The van der Waals surface area contributed by atoms with Gasteiger partial charge in [0.15, 0.2) is 0 Å². The lowest BCUT2D eigenvalue weighted by atomic mass is 10.2. The van der Waals surface area contributed by atoms with Gasteiger partial charge in [0.2, 0.25) is 10.0 Å². The van der Waals surface area contributed by atoms with Gasteiger partial charge in [0.1, 0.15) is 0 Å². The Balaban J connectivity index is 2.24. The molecular weight excluding hydrogens is 272 g/mol. The van der Waals surface area contributed by atoms with Crippen LogP contribution in [0.5, 0.6) is 0 Å². The Hall–Kier alpha value is -0.910. The van der Waals surface area contributed by atoms with Gasteiger partial charge in [-0.1, -0.05) is 32.0 Å². The molecule has 20 heavy (non-hydrogen) atoms. The van der Waals surface area contributed by atoms with Crippen LogP contribution in [-0.2, 0) is 16.6 Å². The Bertz CT molecular complexity index is 539. The van der Waals surface area contributed by atoms with Crippen molar-refractivity contribution < 1.29 is 8.42 Å². The van der Waals surface area contributed by atoms with Gasteiger partial charge < -0.3 is 5.32 Å². The van der Waals surface area contributed by atoms with Crippen LogP contribution in [0.3, 0.4) is 0 Å². The summed E-state index contributed by atoms with van der Waals surface area (Å²) >= 11 is 0. The van der Waals surface area contributed by atoms with Crippen LogP contribution in [0.4, 0.5) is 0 Å². The van der Waals surface area contributed by atoms with Gasteiger partial charge in [-0.2, -0.15) is 4.31 Å². The molecule has 1 aliphatic rings. The summed E-state index contributed by atoms with van der Waals surface area (Å²) < 4.78 is 27.0. The number of rotatable bonds is 8. The number of hydrogen-bond donors (Lipinski definition) is 1. The maximum Gasteiger partial charge on any atom is 0.243 e. The SMILES string of the molecule is CCCN(CC)S(=O)(=O)c1ccccc1CNC1CC1. The molecule has 0 saturated heterocycles. The smallest absolute Gasteiger partial charge is 0.243 e. The second-order valence-corrected chi connectivity index (χ2v) is 7.17. The molecule has 2 rings (SSSR count). The van der Waals surface area contributed by atoms with Crippen molar-refractivity contribution in [1.82, 2.24) is 9.62 Å². The van der Waals surface area contributed by atoms with E-state index in [1.165, 1.54) is 12.8 Å². The third kappa shape index (κ3) is 3.59. The third-order valence-corrected chi connectivity index (χ3v) is 5.65. The maximum atomic E-state index is 12.7. The van der Waals surface area contributed by atoms with E-state index < -0.39 is 10.0 Å². The second kappa shape index (κ2) is 6.70. The number of sulfonamides is 1. The number of nitrogens with zero attached hydrogens (tertiary/aromatic N) is 1. The molecule has 1 aromatic carbocycles. The van der Waals surface area contributed by atoms with Crippen molar-refractivity contribution in [2.75, 3.05) is 13.1 Å². The second-order valence-electron chi connectivity index (χ2n) is 5.26. The monoisotopic (exact) mass is 296 g/mol. The summed E-state index contributed by atoms with van der Waals surface area (Å²) in [4.78, 5) is 0.448. The van der Waals surface area contributed by atoms with Crippen molar-refractivity contribution >= 4 is 10.0 Å². The third-order valence-electron chi connectivity index (χ3n) is 3.57. The minimum atomic E-state index is -3.38. The summed E-state index contributed by atoms with van der Waals surface area (Å²) in [6.07, 6.45) is 3.23. The molecule has 112 valence electrons. The van der Waals surface area contributed by atoms with Crippen LogP contribution in [0.2, 0.25) is 0 Å². The average Bonchev–Trinajstić information content (AvgIpc) is 3.26. The van der Waals surface area contributed by atoms with E-state index in [1.54, 1.807) is 16.4 Å². The molecule has 0 spiro atoms. The Morgan fingerprint density at radius 3 is 2.55 bits per heavy atom. The fourth-order valence-electron chi connectivity index (χ4n) is 2.28. The van der Waals surface area contributed by atoms with Gasteiger partial charge >= 0.3 is 0 Å². The molecule has 0 unspecified atom stereocenters. The predicted molar refractivity (Wildman–Crippen MR) is 81.0 cm³/mol. The molecular formula is C15H24N2O2S. The summed E-state index contributed by atoms with van der Waals surface area (Å²) in [6, 6.07) is 7.90. The maximum absolute atomic E-state index is 12.7. The van der Waals surface area contributed by atoms with Crippen LogP contribution in [0.1, 0.15) is 38.7 Å². The van der Waals surface area contributed by atoms with Crippen molar-refractivity contribution in [3.8, 4) is 0 Å². The van der Waals surface area contributed by atoms with Crippen molar-refractivity contribution in [3.05, 3.63) is 29.8 Å². The summed E-state index contributed by atoms with van der Waals surface area (Å²) in [5, 5.41) is 3.39. The van der Waals surface area contributed by atoms with Gasteiger partial charge in [0.25, 0.3) is 0 Å². The quantitative estimate of drug-likeness (QED) is 0.801. The fraction of sp³-hybridized carbons (Fsp3) is 0.600. The van der Waals surface area contributed by atoms with Crippen LogP contribution in [0.25, 0.3) is 0 Å². The minimum absolute atomic E-state index is 0.448. The molecule has 1 fully saturated rings. The molecule has 1 aromatic rings. The van der Waals surface area contributed by atoms with Crippen molar-refractivity contribution in [2.24, 2.45) is 0 Å². The van der Waals surface area contributed by atoms with Gasteiger partial charge in [0, 0.05) is 25.7 Å². The number of benzene rings is 1. The highest BCUT2D eigenvalue weighted by Gasteiger charge is 2.26. The molecule has 0 amide bonds. The average molecular weight is 296 g/mol. The first-order valence-corrected chi connectivity index (χ1v) is 8.85. The minimum Gasteiger partial charge on any atom is -0.310 e.